The summed E-state index contributed by atoms with van der Waals surface area (Å²) in [5.41, 5.74) is 13.1. The van der Waals surface area contributed by atoms with Gasteiger partial charge in [-0.2, -0.15) is 5.10 Å². The highest BCUT2D eigenvalue weighted by molar-refractivity contribution is 6.00. The second-order valence-corrected chi connectivity index (χ2v) is 7.24. The maximum Gasteiger partial charge on any atom is 0.315 e. The molecule has 3 rings (SSSR count). The molecule has 1 unspecified atom stereocenters. The first-order valence-electron chi connectivity index (χ1n) is 8.08. The molecule has 0 bridgehead atoms. The lowest BCUT2D eigenvalue weighted by Crippen LogP contribution is -2.49. The van der Waals surface area contributed by atoms with Crippen molar-refractivity contribution < 1.29 is 9.59 Å². The molecule has 0 aliphatic carbocycles. The van der Waals surface area contributed by atoms with E-state index < -0.39 is 18.0 Å². The van der Waals surface area contributed by atoms with Gasteiger partial charge in [-0.25, -0.2) is 4.79 Å². The van der Waals surface area contributed by atoms with Crippen LogP contribution in [0.25, 0.3) is 11.3 Å². The van der Waals surface area contributed by atoms with Crippen LogP contribution in [0.15, 0.2) is 24.5 Å². The van der Waals surface area contributed by atoms with E-state index in [-0.39, 0.29) is 5.41 Å². The number of carbonyl (C=O) groups is 2. The van der Waals surface area contributed by atoms with E-state index in [0.717, 1.165) is 0 Å². The molecule has 0 saturated heterocycles. The summed E-state index contributed by atoms with van der Waals surface area (Å²) in [6.45, 7) is 6.85. The fourth-order valence-electron chi connectivity index (χ4n) is 3.47. The van der Waals surface area contributed by atoms with E-state index >= 15 is 0 Å². The van der Waals surface area contributed by atoms with E-state index in [9.17, 15) is 9.59 Å². The molecule has 25 heavy (non-hydrogen) atoms. The molecular formula is C17H22N6O2. The number of rotatable bonds is 2. The summed E-state index contributed by atoms with van der Waals surface area (Å²) in [7, 11) is 0. The zero-order chi connectivity index (χ0) is 18.4. The third-order valence-corrected chi connectivity index (χ3v) is 4.40. The third kappa shape index (κ3) is 2.84. The number of carbonyl (C=O) groups excluding carboxylic acids is 2. The molecule has 8 heteroatoms. The molecule has 3 heterocycles. The number of pyridine rings is 1. The zero-order valence-corrected chi connectivity index (χ0v) is 14.6. The molecule has 1 aliphatic heterocycles. The van der Waals surface area contributed by atoms with Gasteiger partial charge in [0.05, 0.1) is 23.8 Å². The molecular weight excluding hydrogens is 320 g/mol. The Hall–Kier alpha value is -2.90. The highest BCUT2D eigenvalue weighted by Crippen LogP contribution is 2.43. The van der Waals surface area contributed by atoms with Crippen molar-refractivity contribution in [1.29, 1.82) is 0 Å². The quantitative estimate of drug-likeness (QED) is 0.859. The monoisotopic (exact) mass is 342 g/mol. The van der Waals surface area contributed by atoms with Crippen LogP contribution in [-0.2, 0) is 6.54 Å². The van der Waals surface area contributed by atoms with E-state index in [1.165, 1.54) is 0 Å². The molecule has 2 aromatic heterocycles. The van der Waals surface area contributed by atoms with E-state index in [0.29, 0.717) is 35.6 Å². The summed E-state index contributed by atoms with van der Waals surface area (Å²) in [4.78, 5) is 29.9. The number of aromatic nitrogens is 3. The molecule has 2 aromatic rings. The molecule has 0 fully saturated rings. The lowest BCUT2D eigenvalue weighted by atomic mass is 9.81. The molecule has 3 amide bonds. The number of primary amides is 2. The number of hydrogen-bond donors (Lipinski definition) is 2. The Labute approximate surface area is 145 Å². The fraction of sp³-hybridized carbons (Fsp3) is 0.412. The van der Waals surface area contributed by atoms with Gasteiger partial charge in [-0.15, -0.1) is 0 Å². The Kier molecular flexibility index (Phi) is 3.98. The standard InChI is InChI=1S/C17H22N6O2/c1-17(2,3)14-13-11(15(18)24)12(10-5-4-6-20-9-10)21-23(13)8-7-22(14)16(19)25/h4-6,9,14H,7-8H2,1-3H3,(H2,18,24)(H2,19,25). The van der Waals surface area contributed by atoms with Crippen molar-refractivity contribution in [3.63, 3.8) is 0 Å². The number of hydrogen-bond acceptors (Lipinski definition) is 4. The minimum absolute atomic E-state index is 0.318. The number of nitrogens with zero attached hydrogens (tertiary/aromatic N) is 4. The van der Waals surface area contributed by atoms with Gasteiger partial charge in [-0.1, -0.05) is 20.8 Å². The molecule has 0 radical (unpaired) electrons. The van der Waals surface area contributed by atoms with Crippen molar-refractivity contribution in [2.45, 2.75) is 33.4 Å². The minimum Gasteiger partial charge on any atom is -0.365 e. The maximum absolute atomic E-state index is 12.3. The molecule has 132 valence electrons. The Morgan fingerprint density at radius 1 is 1.24 bits per heavy atom. The first kappa shape index (κ1) is 16.9. The van der Waals surface area contributed by atoms with Crippen LogP contribution in [0.4, 0.5) is 4.79 Å². The third-order valence-electron chi connectivity index (χ3n) is 4.40. The average molecular weight is 342 g/mol. The predicted octanol–water partition coefficient (Wildman–Crippen LogP) is 1.53. The Morgan fingerprint density at radius 2 is 1.96 bits per heavy atom. The minimum atomic E-state index is -0.583. The summed E-state index contributed by atoms with van der Waals surface area (Å²) >= 11 is 0. The predicted molar refractivity (Wildman–Crippen MR) is 92.5 cm³/mol. The van der Waals surface area contributed by atoms with Crippen LogP contribution in [0.1, 0.15) is 42.9 Å². The highest BCUT2D eigenvalue weighted by Gasteiger charge is 2.42. The van der Waals surface area contributed by atoms with Crippen molar-refractivity contribution >= 4 is 11.9 Å². The van der Waals surface area contributed by atoms with Gasteiger partial charge in [-0.05, 0) is 17.5 Å². The van der Waals surface area contributed by atoms with Gasteiger partial charge in [-0.3, -0.25) is 14.5 Å². The van der Waals surface area contributed by atoms with Crippen molar-refractivity contribution in [1.82, 2.24) is 19.7 Å². The SMILES string of the molecule is CC(C)(C)C1c2c(C(N)=O)c(-c3cccnc3)nn2CCN1C(N)=O. The largest absolute Gasteiger partial charge is 0.365 e. The van der Waals surface area contributed by atoms with Crippen molar-refractivity contribution in [3.05, 3.63) is 35.8 Å². The fourth-order valence-corrected chi connectivity index (χ4v) is 3.47. The van der Waals surface area contributed by atoms with E-state index in [1.54, 1.807) is 28.0 Å². The topological polar surface area (TPSA) is 120 Å². The van der Waals surface area contributed by atoms with E-state index in [2.05, 4.69) is 10.1 Å². The van der Waals surface area contributed by atoms with Crippen LogP contribution in [0, 0.1) is 5.41 Å². The van der Waals surface area contributed by atoms with Gasteiger partial charge in [0.2, 0.25) is 0 Å². The van der Waals surface area contributed by atoms with E-state index in [1.807, 2.05) is 26.8 Å². The Morgan fingerprint density at radius 3 is 2.48 bits per heavy atom. The van der Waals surface area contributed by atoms with Crippen LogP contribution in [0.5, 0.6) is 0 Å². The van der Waals surface area contributed by atoms with Gasteiger partial charge < -0.3 is 16.4 Å². The normalized spacial score (nSPS) is 17.2. The van der Waals surface area contributed by atoms with E-state index in [4.69, 9.17) is 11.5 Å². The highest BCUT2D eigenvalue weighted by atomic mass is 16.2. The van der Waals surface area contributed by atoms with Gasteiger partial charge in [0, 0.05) is 24.5 Å². The second-order valence-electron chi connectivity index (χ2n) is 7.24. The summed E-state index contributed by atoms with van der Waals surface area (Å²) in [5.74, 6) is -0.583. The summed E-state index contributed by atoms with van der Waals surface area (Å²) in [6.07, 6.45) is 3.29. The average Bonchev–Trinajstić information content (AvgIpc) is 2.93. The van der Waals surface area contributed by atoms with Crippen LogP contribution in [-0.4, -0.2) is 38.1 Å². The van der Waals surface area contributed by atoms with Crippen LogP contribution in [0.2, 0.25) is 0 Å². The van der Waals surface area contributed by atoms with Gasteiger partial charge in [0.1, 0.15) is 5.69 Å². The number of amides is 3. The molecule has 1 atom stereocenters. The summed E-state index contributed by atoms with van der Waals surface area (Å²) in [6, 6.07) is 2.67. The van der Waals surface area contributed by atoms with Gasteiger partial charge in [0.15, 0.2) is 0 Å². The van der Waals surface area contributed by atoms with Gasteiger partial charge >= 0.3 is 6.03 Å². The first-order valence-corrected chi connectivity index (χ1v) is 8.08. The Balaban J connectivity index is 2.28. The summed E-state index contributed by atoms with van der Waals surface area (Å²) in [5, 5.41) is 4.60. The zero-order valence-electron chi connectivity index (χ0n) is 14.6. The Bertz CT molecular complexity index is 822. The molecule has 4 N–H and O–H groups in total. The summed E-state index contributed by atoms with van der Waals surface area (Å²) < 4.78 is 1.76. The number of urea groups is 1. The van der Waals surface area contributed by atoms with Crippen molar-refractivity contribution in [2.24, 2.45) is 16.9 Å². The number of nitrogens with two attached hydrogens (primary N) is 2. The second kappa shape index (κ2) is 5.87. The van der Waals surface area contributed by atoms with Crippen molar-refractivity contribution in [2.75, 3.05) is 6.54 Å². The van der Waals surface area contributed by atoms with Crippen LogP contribution < -0.4 is 11.5 Å². The van der Waals surface area contributed by atoms with Crippen LogP contribution in [0.3, 0.4) is 0 Å². The molecule has 8 nitrogen and oxygen atoms in total. The van der Waals surface area contributed by atoms with Crippen LogP contribution >= 0.6 is 0 Å². The molecule has 0 saturated carbocycles. The molecule has 0 aromatic carbocycles. The van der Waals surface area contributed by atoms with Crippen molar-refractivity contribution in [3.8, 4) is 11.3 Å². The number of fused-ring (bicyclic) bond motifs is 1. The first-order chi connectivity index (χ1) is 11.7. The molecule has 1 aliphatic rings. The lowest BCUT2D eigenvalue weighted by molar-refractivity contribution is 0.0899. The van der Waals surface area contributed by atoms with Gasteiger partial charge in [0.25, 0.3) is 5.91 Å². The smallest absolute Gasteiger partial charge is 0.315 e. The maximum atomic E-state index is 12.3. The molecule has 0 spiro atoms. The lowest BCUT2D eigenvalue weighted by Gasteiger charge is -2.42.